The van der Waals surface area contributed by atoms with Crippen molar-refractivity contribution in [2.75, 3.05) is 13.1 Å². The molecule has 4 aromatic rings. The molecule has 4 aromatic heterocycles. The largest absolute Gasteiger partial charge is 0.338 e. The Morgan fingerprint density at radius 3 is 2.76 bits per heavy atom. The molecule has 0 aromatic carbocycles. The van der Waals surface area contributed by atoms with Crippen LogP contribution in [0.1, 0.15) is 29.0 Å². The van der Waals surface area contributed by atoms with Gasteiger partial charge in [0.1, 0.15) is 11.5 Å². The number of aryl methyl sites for hydroxylation is 1. The van der Waals surface area contributed by atoms with Gasteiger partial charge in [0.2, 0.25) is 0 Å². The number of fused-ring (bicyclic) bond motifs is 2. The maximum absolute atomic E-state index is 13.4. The van der Waals surface area contributed by atoms with E-state index in [9.17, 15) is 13.6 Å². The summed E-state index contributed by atoms with van der Waals surface area (Å²) in [4.78, 5) is 23.0. The SMILES string of the molecule is Cc1nc2ccc(-n3ccc4cc(C(=O)N5CCC(F)(F)CC5)cnc43)cn2n1. The lowest BCUT2D eigenvalue weighted by molar-refractivity contribution is -0.0494. The van der Waals surface area contributed by atoms with Gasteiger partial charge >= 0.3 is 0 Å². The van der Waals surface area contributed by atoms with E-state index < -0.39 is 5.92 Å². The van der Waals surface area contributed by atoms with Gasteiger partial charge in [0, 0.05) is 43.7 Å². The van der Waals surface area contributed by atoms with E-state index in [2.05, 4.69) is 15.1 Å². The van der Waals surface area contributed by atoms with Gasteiger partial charge in [-0.1, -0.05) is 0 Å². The summed E-state index contributed by atoms with van der Waals surface area (Å²) in [6, 6.07) is 7.44. The first kappa shape index (κ1) is 17.7. The third-order valence-electron chi connectivity index (χ3n) is 5.26. The minimum Gasteiger partial charge on any atom is -0.338 e. The van der Waals surface area contributed by atoms with Crippen LogP contribution in [-0.2, 0) is 0 Å². The number of aromatic nitrogens is 5. The van der Waals surface area contributed by atoms with Crippen LogP contribution in [0.25, 0.3) is 22.4 Å². The quantitative estimate of drug-likeness (QED) is 0.522. The van der Waals surface area contributed by atoms with Crippen LogP contribution in [0.4, 0.5) is 8.78 Å². The van der Waals surface area contributed by atoms with Crippen molar-refractivity contribution in [3.8, 4) is 5.69 Å². The van der Waals surface area contributed by atoms with E-state index in [0.29, 0.717) is 17.0 Å². The van der Waals surface area contributed by atoms with Crippen molar-refractivity contribution in [3.05, 3.63) is 54.2 Å². The van der Waals surface area contributed by atoms with E-state index in [1.165, 1.54) is 11.1 Å². The number of hydrogen-bond acceptors (Lipinski definition) is 4. The smallest absolute Gasteiger partial charge is 0.255 e. The molecule has 1 aliphatic heterocycles. The Balaban J connectivity index is 1.45. The molecule has 0 aliphatic carbocycles. The average molecular weight is 396 g/mol. The molecule has 0 bridgehead atoms. The van der Waals surface area contributed by atoms with Crippen molar-refractivity contribution < 1.29 is 13.6 Å². The van der Waals surface area contributed by atoms with Crippen molar-refractivity contribution in [2.45, 2.75) is 25.7 Å². The highest BCUT2D eigenvalue weighted by molar-refractivity contribution is 5.97. The van der Waals surface area contributed by atoms with Crippen molar-refractivity contribution >= 4 is 22.6 Å². The van der Waals surface area contributed by atoms with Gasteiger partial charge in [0.15, 0.2) is 5.65 Å². The zero-order chi connectivity index (χ0) is 20.2. The number of amides is 1. The molecule has 9 heteroatoms. The third-order valence-corrected chi connectivity index (χ3v) is 5.26. The summed E-state index contributed by atoms with van der Waals surface area (Å²) >= 11 is 0. The molecule has 148 valence electrons. The van der Waals surface area contributed by atoms with E-state index in [-0.39, 0.29) is 31.8 Å². The summed E-state index contributed by atoms with van der Waals surface area (Å²) in [5.41, 5.74) is 2.73. The zero-order valence-electron chi connectivity index (χ0n) is 15.7. The molecular weight excluding hydrogens is 378 g/mol. The summed E-state index contributed by atoms with van der Waals surface area (Å²) < 4.78 is 30.3. The molecule has 1 amide bonds. The van der Waals surface area contributed by atoms with E-state index in [1.54, 1.807) is 10.6 Å². The van der Waals surface area contributed by atoms with Crippen LogP contribution < -0.4 is 0 Å². The van der Waals surface area contributed by atoms with Gasteiger partial charge in [-0.15, -0.1) is 0 Å². The number of pyridine rings is 2. The molecular formula is C20H18F2N6O. The lowest BCUT2D eigenvalue weighted by Gasteiger charge is -2.31. The van der Waals surface area contributed by atoms with Crippen LogP contribution in [-0.4, -0.2) is 54.0 Å². The highest BCUT2D eigenvalue weighted by Gasteiger charge is 2.35. The Hall–Kier alpha value is -3.36. The molecule has 0 atom stereocenters. The Labute approximate surface area is 164 Å². The van der Waals surface area contributed by atoms with Crippen molar-refractivity contribution in [1.29, 1.82) is 0 Å². The summed E-state index contributed by atoms with van der Waals surface area (Å²) in [5, 5.41) is 5.13. The number of halogens is 2. The lowest BCUT2D eigenvalue weighted by atomic mass is 10.1. The van der Waals surface area contributed by atoms with Crippen molar-refractivity contribution in [3.63, 3.8) is 0 Å². The highest BCUT2D eigenvalue weighted by atomic mass is 19.3. The highest BCUT2D eigenvalue weighted by Crippen LogP contribution is 2.29. The third kappa shape index (κ3) is 3.12. The number of piperidine rings is 1. The average Bonchev–Trinajstić information content (AvgIpc) is 3.28. The minimum absolute atomic E-state index is 0.0578. The number of hydrogen-bond donors (Lipinski definition) is 0. The molecule has 5 rings (SSSR count). The van der Waals surface area contributed by atoms with Crippen LogP contribution in [0, 0.1) is 6.92 Å². The van der Waals surface area contributed by atoms with Crippen LogP contribution in [0.15, 0.2) is 42.9 Å². The molecule has 1 fully saturated rings. The zero-order valence-corrected chi connectivity index (χ0v) is 15.7. The second-order valence-corrected chi connectivity index (χ2v) is 7.32. The minimum atomic E-state index is -2.68. The molecule has 0 unspecified atom stereocenters. The standard InChI is InChI=1S/C20H18F2N6O/c1-13-24-17-3-2-16(12-28(17)25-13)27-7-4-14-10-15(11-23-18(14)27)19(29)26-8-5-20(21,22)6-9-26/h2-4,7,10-12H,5-6,8-9H2,1H3. The fourth-order valence-electron chi connectivity index (χ4n) is 3.69. The first-order chi connectivity index (χ1) is 13.9. The fraction of sp³-hybridized carbons (Fsp3) is 0.300. The van der Waals surface area contributed by atoms with Gasteiger partial charge in [-0.05, 0) is 31.2 Å². The van der Waals surface area contributed by atoms with Crippen LogP contribution in [0.3, 0.4) is 0 Å². The van der Waals surface area contributed by atoms with Gasteiger partial charge in [-0.25, -0.2) is 23.3 Å². The second kappa shape index (κ2) is 6.33. The van der Waals surface area contributed by atoms with Crippen LogP contribution in [0.2, 0.25) is 0 Å². The van der Waals surface area contributed by atoms with E-state index >= 15 is 0 Å². The molecule has 1 saturated heterocycles. The molecule has 0 spiro atoms. The number of carbonyl (C=O) groups is 1. The Morgan fingerprint density at radius 2 is 1.97 bits per heavy atom. The summed E-state index contributed by atoms with van der Waals surface area (Å²) in [5.74, 6) is -2.25. The van der Waals surface area contributed by atoms with Gasteiger partial charge in [-0.2, -0.15) is 5.10 Å². The van der Waals surface area contributed by atoms with E-state index in [1.807, 2.05) is 42.1 Å². The first-order valence-corrected chi connectivity index (χ1v) is 9.37. The topological polar surface area (TPSA) is 68.3 Å². The maximum atomic E-state index is 13.4. The van der Waals surface area contributed by atoms with Gasteiger partial charge in [-0.3, -0.25) is 9.36 Å². The van der Waals surface area contributed by atoms with Gasteiger partial charge in [0.05, 0.1) is 17.4 Å². The molecule has 1 aliphatic rings. The molecule has 0 N–H and O–H groups in total. The normalized spacial score (nSPS) is 16.6. The number of carbonyl (C=O) groups excluding carboxylic acids is 1. The number of nitrogens with zero attached hydrogens (tertiary/aromatic N) is 6. The summed E-state index contributed by atoms with van der Waals surface area (Å²) in [7, 11) is 0. The predicted octanol–water partition coefficient (Wildman–Crippen LogP) is 3.25. The lowest BCUT2D eigenvalue weighted by Crippen LogP contribution is -2.42. The fourth-order valence-corrected chi connectivity index (χ4v) is 3.69. The number of alkyl halides is 2. The van der Waals surface area contributed by atoms with E-state index in [4.69, 9.17) is 0 Å². The van der Waals surface area contributed by atoms with Crippen molar-refractivity contribution in [1.82, 2.24) is 29.0 Å². The summed E-state index contributed by atoms with van der Waals surface area (Å²) in [6.45, 7) is 1.95. The predicted molar refractivity (Wildman–Crippen MR) is 102 cm³/mol. The van der Waals surface area contributed by atoms with Gasteiger partial charge < -0.3 is 4.90 Å². The molecule has 0 radical (unpaired) electrons. The van der Waals surface area contributed by atoms with Crippen LogP contribution in [0.5, 0.6) is 0 Å². The Bertz CT molecular complexity index is 1230. The molecule has 7 nitrogen and oxygen atoms in total. The molecule has 29 heavy (non-hydrogen) atoms. The van der Waals surface area contributed by atoms with Crippen LogP contribution >= 0.6 is 0 Å². The monoisotopic (exact) mass is 396 g/mol. The van der Waals surface area contributed by atoms with Crippen molar-refractivity contribution in [2.24, 2.45) is 0 Å². The van der Waals surface area contributed by atoms with Gasteiger partial charge in [0.25, 0.3) is 11.8 Å². The Kier molecular flexibility index (Phi) is 3.87. The van der Waals surface area contributed by atoms with E-state index in [0.717, 1.165) is 16.7 Å². The molecule has 0 saturated carbocycles. The maximum Gasteiger partial charge on any atom is 0.255 e. The number of rotatable bonds is 2. The molecule has 5 heterocycles. The Morgan fingerprint density at radius 1 is 1.17 bits per heavy atom. The number of likely N-dealkylation sites (tertiary alicyclic amines) is 1. The first-order valence-electron chi connectivity index (χ1n) is 9.37. The second-order valence-electron chi connectivity index (χ2n) is 7.32. The summed E-state index contributed by atoms with van der Waals surface area (Å²) in [6.07, 6.45) is 4.65.